The average Bonchev–Trinajstić information content (AvgIpc) is 2.31. The van der Waals surface area contributed by atoms with Crippen molar-refractivity contribution in [2.45, 2.75) is 31.8 Å². The maximum atomic E-state index is 10.8. The van der Waals surface area contributed by atoms with Crippen LogP contribution in [0.4, 0.5) is 4.79 Å². The van der Waals surface area contributed by atoms with Gasteiger partial charge in [-0.05, 0) is 19.3 Å². The van der Waals surface area contributed by atoms with Gasteiger partial charge in [0.15, 0.2) is 6.10 Å². The van der Waals surface area contributed by atoms with E-state index in [-0.39, 0.29) is 6.61 Å². The van der Waals surface area contributed by atoms with Crippen molar-refractivity contribution in [3.8, 4) is 0 Å². The summed E-state index contributed by atoms with van der Waals surface area (Å²) in [6, 6.07) is 0. The number of hydrogen-bond acceptors (Lipinski definition) is 6. The summed E-state index contributed by atoms with van der Waals surface area (Å²) in [6.45, 7) is 0.279. The van der Waals surface area contributed by atoms with Crippen molar-refractivity contribution in [1.29, 1.82) is 0 Å². The van der Waals surface area contributed by atoms with Gasteiger partial charge in [-0.25, -0.2) is 9.59 Å². The first-order chi connectivity index (χ1) is 7.61. The fourth-order valence-corrected chi connectivity index (χ4v) is 1.08. The lowest BCUT2D eigenvalue weighted by molar-refractivity contribution is -0.150. The highest BCUT2D eigenvalue weighted by Crippen LogP contribution is 2.05. The molecule has 0 fully saturated rings. The number of carbonyl (C=O) groups excluding carboxylic acids is 2. The number of aliphatic hydroxyl groups excluding tert-OH is 1. The van der Waals surface area contributed by atoms with E-state index in [2.05, 4.69) is 14.2 Å². The largest absolute Gasteiger partial charge is 0.507 e. The summed E-state index contributed by atoms with van der Waals surface area (Å²) in [5, 5.41) is 9.22. The van der Waals surface area contributed by atoms with Crippen molar-refractivity contribution in [3.63, 3.8) is 0 Å². The van der Waals surface area contributed by atoms with Gasteiger partial charge in [-0.3, -0.25) is 0 Å². The molecule has 0 amide bonds. The number of hydrogen-bond donors (Lipinski definition) is 1. The number of rotatable bonds is 7. The van der Waals surface area contributed by atoms with Crippen LogP contribution in [-0.2, 0) is 19.0 Å². The molecule has 94 valence electrons. The van der Waals surface area contributed by atoms with Crippen molar-refractivity contribution in [2.24, 2.45) is 0 Å². The van der Waals surface area contributed by atoms with E-state index >= 15 is 0 Å². The molecule has 1 atom stereocenters. The predicted molar refractivity (Wildman–Crippen MR) is 54.8 cm³/mol. The van der Waals surface area contributed by atoms with E-state index in [0.29, 0.717) is 19.3 Å². The van der Waals surface area contributed by atoms with Gasteiger partial charge >= 0.3 is 12.1 Å². The molecule has 16 heavy (non-hydrogen) atoms. The molecule has 6 heteroatoms. The molecule has 0 spiro atoms. The van der Waals surface area contributed by atoms with Crippen LogP contribution < -0.4 is 0 Å². The Morgan fingerprint density at radius 3 is 2.38 bits per heavy atom. The number of methoxy groups -OCH3 is 2. The van der Waals surface area contributed by atoms with Gasteiger partial charge < -0.3 is 19.3 Å². The van der Waals surface area contributed by atoms with Crippen LogP contribution in [-0.4, -0.2) is 44.2 Å². The Bertz CT molecular complexity index is 215. The third-order valence-electron chi connectivity index (χ3n) is 1.98. The second-order valence-electron chi connectivity index (χ2n) is 3.19. The first-order valence-electron chi connectivity index (χ1n) is 5.08. The summed E-state index contributed by atoms with van der Waals surface area (Å²) in [4.78, 5) is 21.3. The van der Waals surface area contributed by atoms with Crippen LogP contribution in [0, 0.1) is 0 Å². The molecule has 0 aliphatic carbocycles. The molecule has 0 bridgehead atoms. The quantitative estimate of drug-likeness (QED) is 0.519. The van der Waals surface area contributed by atoms with E-state index in [0.717, 1.165) is 6.42 Å². The van der Waals surface area contributed by atoms with Crippen molar-refractivity contribution in [2.75, 3.05) is 20.8 Å². The molecule has 0 aromatic heterocycles. The first kappa shape index (κ1) is 14.7. The fourth-order valence-electron chi connectivity index (χ4n) is 1.08. The van der Waals surface area contributed by atoms with Crippen LogP contribution in [0.5, 0.6) is 0 Å². The minimum atomic E-state index is -1.06. The summed E-state index contributed by atoms with van der Waals surface area (Å²) in [6.07, 6.45) is 0.681. The predicted octanol–water partition coefficient (Wildman–Crippen LogP) is 0.864. The molecule has 1 unspecified atom stereocenters. The van der Waals surface area contributed by atoms with Gasteiger partial charge in [0.1, 0.15) is 0 Å². The van der Waals surface area contributed by atoms with Crippen LogP contribution in [0.15, 0.2) is 0 Å². The van der Waals surface area contributed by atoms with Crippen LogP contribution in [0.3, 0.4) is 0 Å². The topological polar surface area (TPSA) is 82.1 Å². The highest BCUT2D eigenvalue weighted by Gasteiger charge is 2.13. The number of aliphatic hydroxyl groups is 1. The Hall–Kier alpha value is -1.30. The molecule has 6 nitrogen and oxygen atoms in total. The molecular formula is C10H18O6. The van der Waals surface area contributed by atoms with E-state index < -0.39 is 18.2 Å². The SMILES string of the molecule is COC(=O)OCCCCCC(O)C(=O)OC. The molecule has 1 N–H and O–H groups in total. The van der Waals surface area contributed by atoms with Crippen molar-refractivity contribution >= 4 is 12.1 Å². The summed E-state index contributed by atoms with van der Waals surface area (Å²) in [5.41, 5.74) is 0. The number of ether oxygens (including phenoxy) is 3. The normalized spacial score (nSPS) is 11.7. The fraction of sp³-hybridized carbons (Fsp3) is 0.800. The number of carbonyl (C=O) groups is 2. The van der Waals surface area contributed by atoms with Crippen LogP contribution in [0.2, 0.25) is 0 Å². The minimum Gasteiger partial charge on any atom is -0.467 e. The average molecular weight is 234 g/mol. The van der Waals surface area contributed by atoms with Crippen LogP contribution >= 0.6 is 0 Å². The monoisotopic (exact) mass is 234 g/mol. The third kappa shape index (κ3) is 7.05. The zero-order valence-electron chi connectivity index (χ0n) is 9.60. The Morgan fingerprint density at radius 1 is 1.12 bits per heavy atom. The van der Waals surface area contributed by atoms with Crippen molar-refractivity contribution < 1.29 is 28.9 Å². The molecule has 0 aliphatic heterocycles. The number of unbranched alkanes of at least 4 members (excludes halogenated alkanes) is 2. The van der Waals surface area contributed by atoms with Gasteiger partial charge in [0.2, 0.25) is 0 Å². The summed E-state index contributed by atoms with van der Waals surface area (Å²) >= 11 is 0. The van der Waals surface area contributed by atoms with Gasteiger partial charge in [0.05, 0.1) is 20.8 Å². The lowest BCUT2D eigenvalue weighted by Crippen LogP contribution is -2.21. The highest BCUT2D eigenvalue weighted by atomic mass is 16.7. The van der Waals surface area contributed by atoms with E-state index in [9.17, 15) is 14.7 Å². The van der Waals surface area contributed by atoms with Gasteiger partial charge in [-0.1, -0.05) is 6.42 Å². The van der Waals surface area contributed by atoms with Gasteiger partial charge in [-0.2, -0.15) is 0 Å². The molecular weight excluding hydrogens is 216 g/mol. The Labute approximate surface area is 94.5 Å². The Morgan fingerprint density at radius 2 is 1.81 bits per heavy atom. The molecule has 0 radical (unpaired) electrons. The highest BCUT2D eigenvalue weighted by molar-refractivity contribution is 5.74. The molecule has 0 aromatic carbocycles. The molecule has 0 rings (SSSR count). The van der Waals surface area contributed by atoms with Crippen LogP contribution in [0.1, 0.15) is 25.7 Å². The zero-order chi connectivity index (χ0) is 12.4. The minimum absolute atomic E-state index is 0.279. The second kappa shape index (κ2) is 8.96. The Kier molecular flexibility index (Phi) is 8.24. The maximum absolute atomic E-state index is 10.8. The standard InChI is InChI=1S/C10H18O6/c1-14-9(12)8(11)6-4-3-5-7-16-10(13)15-2/h8,11H,3-7H2,1-2H3. The molecule has 0 aliphatic rings. The zero-order valence-corrected chi connectivity index (χ0v) is 9.60. The van der Waals surface area contributed by atoms with E-state index in [4.69, 9.17) is 0 Å². The van der Waals surface area contributed by atoms with Gasteiger partial charge in [-0.15, -0.1) is 0 Å². The smallest absolute Gasteiger partial charge is 0.467 e. The molecule has 0 saturated heterocycles. The van der Waals surface area contributed by atoms with Crippen molar-refractivity contribution in [1.82, 2.24) is 0 Å². The maximum Gasteiger partial charge on any atom is 0.507 e. The number of esters is 1. The summed E-state index contributed by atoms with van der Waals surface area (Å²) in [7, 11) is 2.48. The van der Waals surface area contributed by atoms with Gasteiger partial charge in [0.25, 0.3) is 0 Å². The van der Waals surface area contributed by atoms with E-state index in [1.165, 1.54) is 14.2 Å². The molecule has 0 aromatic rings. The first-order valence-corrected chi connectivity index (χ1v) is 5.08. The summed E-state index contributed by atoms with van der Waals surface area (Å²) in [5.74, 6) is -0.620. The summed E-state index contributed by atoms with van der Waals surface area (Å²) < 4.78 is 13.3. The second-order valence-corrected chi connectivity index (χ2v) is 3.19. The van der Waals surface area contributed by atoms with Crippen LogP contribution in [0.25, 0.3) is 0 Å². The lowest BCUT2D eigenvalue weighted by Gasteiger charge is -2.07. The Balaban J connectivity index is 3.33. The van der Waals surface area contributed by atoms with Crippen molar-refractivity contribution in [3.05, 3.63) is 0 Å². The van der Waals surface area contributed by atoms with Gasteiger partial charge in [0, 0.05) is 0 Å². The molecule has 0 saturated carbocycles. The lowest BCUT2D eigenvalue weighted by atomic mass is 10.1. The van der Waals surface area contributed by atoms with E-state index in [1.807, 2.05) is 0 Å². The van der Waals surface area contributed by atoms with E-state index in [1.54, 1.807) is 0 Å². The molecule has 0 heterocycles. The third-order valence-corrected chi connectivity index (χ3v) is 1.98.